The van der Waals surface area contributed by atoms with Crippen LogP contribution in [0, 0.1) is 13.8 Å². The van der Waals surface area contributed by atoms with E-state index >= 15 is 0 Å². The van der Waals surface area contributed by atoms with Gasteiger partial charge in [0.05, 0.1) is 11.9 Å². The quantitative estimate of drug-likeness (QED) is 0.694. The molecule has 1 atom stereocenters. The highest BCUT2D eigenvalue weighted by atomic mass is 32.2. The van der Waals surface area contributed by atoms with Crippen molar-refractivity contribution in [1.29, 1.82) is 0 Å². The summed E-state index contributed by atoms with van der Waals surface area (Å²) < 4.78 is 26.0. The summed E-state index contributed by atoms with van der Waals surface area (Å²) in [4.78, 5) is 12.2. The molecule has 1 amide bonds. The molecule has 152 valence electrons. The van der Waals surface area contributed by atoms with Crippen LogP contribution in [0.2, 0.25) is 0 Å². The van der Waals surface area contributed by atoms with E-state index in [1.54, 1.807) is 0 Å². The van der Waals surface area contributed by atoms with E-state index in [0.717, 1.165) is 11.1 Å². The average Bonchev–Trinajstić information content (AvgIpc) is 2.64. The molecule has 2 aromatic rings. The van der Waals surface area contributed by atoms with E-state index in [-0.39, 0.29) is 18.4 Å². The van der Waals surface area contributed by atoms with Crippen LogP contribution in [0.3, 0.4) is 0 Å². The zero-order chi connectivity index (χ0) is 20.7. The Morgan fingerprint density at radius 2 is 1.64 bits per heavy atom. The minimum atomic E-state index is -3.42. The Hall–Kier alpha value is -2.34. The van der Waals surface area contributed by atoms with Gasteiger partial charge in [0.25, 0.3) is 0 Å². The van der Waals surface area contributed by atoms with E-state index in [0.29, 0.717) is 25.1 Å². The topological polar surface area (TPSA) is 66.5 Å². The molecule has 0 spiro atoms. The van der Waals surface area contributed by atoms with E-state index in [9.17, 15) is 13.2 Å². The van der Waals surface area contributed by atoms with Gasteiger partial charge in [-0.2, -0.15) is 0 Å². The molecule has 0 aromatic heterocycles. The van der Waals surface area contributed by atoms with Gasteiger partial charge in [0.1, 0.15) is 0 Å². The predicted molar refractivity (Wildman–Crippen MR) is 115 cm³/mol. The Bertz CT molecular complexity index is 875. The van der Waals surface area contributed by atoms with Gasteiger partial charge in [-0.15, -0.1) is 0 Å². The second-order valence-corrected chi connectivity index (χ2v) is 9.20. The standard InChI is InChI=1S/C22H30N2O3S/c1-17-10-8-11-18(2)22(17)24(28(4,26)27)15-9-14-21(25)23-16-19(3)20-12-6-5-7-13-20/h5-8,10-13,19H,9,14-16H2,1-4H3,(H,23,25)/t19-/m1/s1. The molecule has 0 heterocycles. The van der Waals surface area contributed by atoms with Crippen LogP contribution in [0.15, 0.2) is 48.5 Å². The Balaban J connectivity index is 1.91. The molecular formula is C22H30N2O3S. The summed E-state index contributed by atoms with van der Waals surface area (Å²) in [6.45, 7) is 6.72. The number of amides is 1. The maximum Gasteiger partial charge on any atom is 0.232 e. The number of hydrogen-bond donors (Lipinski definition) is 1. The van der Waals surface area contributed by atoms with Gasteiger partial charge >= 0.3 is 0 Å². The summed E-state index contributed by atoms with van der Waals surface area (Å²) in [7, 11) is -3.42. The zero-order valence-electron chi connectivity index (χ0n) is 17.1. The molecule has 0 radical (unpaired) electrons. The van der Waals surface area contributed by atoms with Gasteiger partial charge in [0.15, 0.2) is 0 Å². The lowest BCUT2D eigenvalue weighted by molar-refractivity contribution is -0.121. The van der Waals surface area contributed by atoms with Crippen molar-refractivity contribution in [2.24, 2.45) is 0 Å². The number of para-hydroxylation sites is 1. The first-order valence-electron chi connectivity index (χ1n) is 9.55. The van der Waals surface area contributed by atoms with E-state index in [1.807, 2.05) is 62.4 Å². The highest BCUT2D eigenvalue weighted by molar-refractivity contribution is 7.92. The normalized spacial score (nSPS) is 12.4. The molecule has 0 saturated carbocycles. The van der Waals surface area contributed by atoms with Crippen molar-refractivity contribution in [3.8, 4) is 0 Å². The summed E-state index contributed by atoms with van der Waals surface area (Å²) in [5.74, 6) is 0.171. The highest BCUT2D eigenvalue weighted by Crippen LogP contribution is 2.27. The van der Waals surface area contributed by atoms with Gasteiger partial charge < -0.3 is 5.32 Å². The summed E-state index contributed by atoms with van der Waals surface area (Å²) in [6, 6.07) is 15.8. The fraction of sp³-hybridized carbons (Fsp3) is 0.409. The number of nitrogens with zero attached hydrogens (tertiary/aromatic N) is 1. The van der Waals surface area contributed by atoms with E-state index in [4.69, 9.17) is 0 Å². The molecule has 2 rings (SSSR count). The highest BCUT2D eigenvalue weighted by Gasteiger charge is 2.21. The molecule has 0 aliphatic heterocycles. The largest absolute Gasteiger partial charge is 0.356 e. The molecule has 0 aliphatic carbocycles. The van der Waals surface area contributed by atoms with Crippen LogP contribution in [-0.2, 0) is 14.8 Å². The SMILES string of the molecule is Cc1cccc(C)c1N(CCCC(=O)NC[C@@H](C)c1ccccc1)S(C)(=O)=O. The number of hydrogen-bond acceptors (Lipinski definition) is 3. The zero-order valence-corrected chi connectivity index (χ0v) is 17.9. The van der Waals surface area contributed by atoms with Crippen molar-refractivity contribution in [3.63, 3.8) is 0 Å². The summed E-state index contributed by atoms with van der Waals surface area (Å²) >= 11 is 0. The molecule has 0 bridgehead atoms. The lowest BCUT2D eigenvalue weighted by atomic mass is 10.0. The lowest BCUT2D eigenvalue weighted by Crippen LogP contribution is -2.33. The maximum absolute atomic E-state index is 12.3. The van der Waals surface area contributed by atoms with Gasteiger partial charge in [0.2, 0.25) is 15.9 Å². The Kier molecular flexibility index (Phi) is 7.63. The molecule has 2 aromatic carbocycles. The average molecular weight is 403 g/mol. The van der Waals surface area contributed by atoms with Crippen molar-refractivity contribution in [3.05, 3.63) is 65.2 Å². The van der Waals surface area contributed by atoms with Crippen LogP contribution in [0.5, 0.6) is 0 Å². The summed E-state index contributed by atoms with van der Waals surface area (Å²) in [5.41, 5.74) is 3.71. The third-order valence-electron chi connectivity index (χ3n) is 4.83. The molecule has 0 saturated heterocycles. The first-order chi connectivity index (χ1) is 13.2. The number of carbonyl (C=O) groups is 1. The van der Waals surface area contributed by atoms with Gasteiger partial charge in [-0.25, -0.2) is 8.42 Å². The smallest absolute Gasteiger partial charge is 0.232 e. The number of rotatable bonds is 9. The number of sulfonamides is 1. The number of nitrogens with one attached hydrogen (secondary N) is 1. The molecule has 6 heteroatoms. The van der Waals surface area contributed by atoms with Crippen molar-refractivity contribution >= 4 is 21.6 Å². The fourth-order valence-corrected chi connectivity index (χ4v) is 4.36. The maximum atomic E-state index is 12.3. The molecule has 28 heavy (non-hydrogen) atoms. The number of carbonyl (C=O) groups excluding carboxylic acids is 1. The minimum absolute atomic E-state index is 0.0577. The Morgan fingerprint density at radius 1 is 1.04 bits per heavy atom. The minimum Gasteiger partial charge on any atom is -0.356 e. The third kappa shape index (κ3) is 6.09. The first kappa shape index (κ1) is 22.0. The van der Waals surface area contributed by atoms with Crippen molar-refractivity contribution in [2.45, 2.75) is 39.5 Å². The number of aryl methyl sites for hydroxylation is 2. The van der Waals surface area contributed by atoms with E-state index in [2.05, 4.69) is 12.2 Å². The van der Waals surface area contributed by atoms with Crippen molar-refractivity contribution in [2.75, 3.05) is 23.7 Å². The van der Waals surface area contributed by atoms with Crippen LogP contribution in [-0.4, -0.2) is 33.7 Å². The van der Waals surface area contributed by atoms with E-state index in [1.165, 1.54) is 16.1 Å². The predicted octanol–water partition coefficient (Wildman–Crippen LogP) is 3.77. The van der Waals surface area contributed by atoms with Crippen molar-refractivity contribution < 1.29 is 13.2 Å². The molecule has 0 fully saturated rings. The molecule has 5 nitrogen and oxygen atoms in total. The monoisotopic (exact) mass is 402 g/mol. The Morgan fingerprint density at radius 3 is 2.21 bits per heavy atom. The molecule has 1 N–H and O–H groups in total. The van der Waals surface area contributed by atoms with Gasteiger partial charge in [0, 0.05) is 19.5 Å². The molecule has 0 unspecified atom stereocenters. The second-order valence-electron chi connectivity index (χ2n) is 7.29. The van der Waals surface area contributed by atoms with Crippen molar-refractivity contribution in [1.82, 2.24) is 5.32 Å². The lowest BCUT2D eigenvalue weighted by Gasteiger charge is -2.26. The summed E-state index contributed by atoms with van der Waals surface area (Å²) in [5, 5.41) is 2.95. The van der Waals surface area contributed by atoms with Gasteiger partial charge in [-0.1, -0.05) is 55.5 Å². The van der Waals surface area contributed by atoms with Crippen LogP contribution < -0.4 is 9.62 Å². The van der Waals surface area contributed by atoms with Crippen LogP contribution >= 0.6 is 0 Å². The Labute approximate surface area is 168 Å². The number of anilines is 1. The third-order valence-corrected chi connectivity index (χ3v) is 5.99. The van der Waals surface area contributed by atoms with Crippen LogP contribution in [0.25, 0.3) is 0 Å². The summed E-state index contributed by atoms with van der Waals surface area (Å²) in [6.07, 6.45) is 1.96. The first-order valence-corrected chi connectivity index (χ1v) is 11.4. The van der Waals surface area contributed by atoms with Crippen LogP contribution in [0.4, 0.5) is 5.69 Å². The van der Waals surface area contributed by atoms with Crippen LogP contribution in [0.1, 0.15) is 42.4 Å². The molecular weight excluding hydrogens is 372 g/mol. The fourth-order valence-electron chi connectivity index (χ4n) is 3.28. The molecule has 0 aliphatic rings. The van der Waals surface area contributed by atoms with Gasteiger partial charge in [-0.3, -0.25) is 9.10 Å². The second kappa shape index (κ2) is 9.73. The number of benzene rings is 2. The van der Waals surface area contributed by atoms with Gasteiger partial charge in [-0.05, 0) is 42.9 Å². The van der Waals surface area contributed by atoms with E-state index < -0.39 is 10.0 Å².